The molecular formula is C17H28N2O3S. The molecule has 0 fully saturated rings. The van der Waals surface area contributed by atoms with E-state index in [-0.39, 0.29) is 11.9 Å². The van der Waals surface area contributed by atoms with Crippen LogP contribution in [0.15, 0.2) is 24.3 Å². The summed E-state index contributed by atoms with van der Waals surface area (Å²) in [5, 5.41) is 0. The molecule has 1 rings (SSSR count). The van der Waals surface area contributed by atoms with Gasteiger partial charge in [-0.3, -0.25) is 4.79 Å². The van der Waals surface area contributed by atoms with Gasteiger partial charge in [0.2, 0.25) is 10.0 Å². The Hall–Kier alpha value is -1.40. The number of hydrogen-bond donors (Lipinski definition) is 1. The second kappa shape index (κ2) is 8.45. The number of carbonyl (C=O) groups is 1. The molecule has 23 heavy (non-hydrogen) atoms. The van der Waals surface area contributed by atoms with Gasteiger partial charge in [0.25, 0.3) is 5.91 Å². The highest BCUT2D eigenvalue weighted by Crippen LogP contribution is 2.14. The number of amides is 1. The smallest absolute Gasteiger partial charge is 0.253 e. The van der Waals surface area contributed by atoms with Crippen LogP contribution in [0.1, 0.15) is 43.1 Å². The van der Waals surface area contributed by atoms with Gasteiger partial charge in [-0.05, 0) is 43.4 Å². The lowest BCUT2D eigenvalue weighted by molar-refractivity contribution is 0.0728. The second-order valence-corrected chi connectivity index (χ2v) is 8.34. The molecule has 0 radical (unpaired) electrons. The molecule has 1 N–H and O–H groups in total. The van der Waals surface area contributed by atoms with Crippen molar-refractivity contribution in [3.05, 3.63) is 35.4 Å². The monoisotopic (exact) mass is 340 g/mol. The van der Waals surface area contributed by atoms with E-state index in [4.69, 9.17) is 0 Å². The van der Waals surface area contributed by atoms with Crippen molar-refractivity contribution in [1.29, 1.82) is 0 Å². The third-order valence-electron chi connectivity index (χ3n) is 3.77. The number of rotatable bonds is 8. The van der Waals surface area contributed by atoms with Crippen LogP contribution in [0.5, 0.6) is 0 Å². The molecule has 0 aliphatic heterocycles. The van der Waals surface area contributed by atoms with Crippen molar-refractivity contribution in [2.45, 2.75) is 39.7 Å². The van der Waals surface area contributed by atoms with Crippen LogP contribution in [0.3, 0.4) is 0 Å². The molecule has 0 saturated heterocycles. The van der Waals surface area contributed by atoms with Gasteiger partial charge in [0.15, 0.2) is 0 Å². The first kappa shape index (κ1) is 19.6. The molecule has 0 bridgehead atoms. The standard InChI is InChI=1S/C17H28N2O3S/c1-13(2)12-14(3)19(4)17(20)16-8-6-15(7-9-16)10-11-18-23(5,21)22/h6-9,13-14,18H,10-12H2,1-5H3/t14-/m1/s1. The van der Waals surface area contributed by atoms with Gasteiger partial charge in [0.05, 0.1) is 6.26 Å². The molecule has 6 heteroatoms. The third kappa shape index (κ3) is 7.14. The Bertz CT molecular complexity index is 609. The Balaban J connectivity index is 2.63. The fourth-order valence-corrected chi connectivity index (χ4v) is 2.91. The molecule has 0 aromatic heterocycles. The zero-order chi connectivity index (χ0) is 17.6. The number of nitrogens with one attached hydrogen (secondary N) is 1. The number of benzene rings is 1. The predicted molar refractivity (Wildman–Crippen MR) is 94.0 cm³/mol. The summed E-state index contributed by atoms with van der Waals surface area (Å²) < 4.78 is 24.5. The minimum absolute atomic E-state index is 0.0129. The summed E-state index contributed by atoms with van der Waals surface area (Å²) in [6.07, 6.45) is 2.71. The minimum Gasteiger partial charge on any atom is -0.339 e. The van der Waals surface area contributed by atoms with Crippen molar-refractivity contribution in [1.82, 2.24) is 9.62 Å². The Kier molecular flexibility index (Phi) is 7.22. The van der Waals surface area contributed by atoms with Crippen molar-refractivity contribution >= 4 is 15.9 Å². The summed E-state index contributed by atoms with van der Waals surface area (Å²) in [5.74, 6) is 0.559. The first-order valence-electron chi connectivity index (χ1n) is 7.91. The molecule has 1 amide bonds. The number of nitrogens with zero attached hydrogens (tertiary/aromatic N) is 1. The quantitative estimate of drug-likeness (QED) is 0.789. The van der Waals surface area contributed by atoms with Gasteiger partial charge in [-0.25, -0.2) is 13.1 Å². The van der Waals surface area contributed by atoms with Crippen LogP contribution in [0.4, 0.5) is 0 Å². The van der Waals surface area contributed by atoms with E-state index in [1.54, 1.807) is 17.0 Å². The summed E-state index contributed by atoms with van der Waals surface area (Å²) in [6.45, 7) is 6.71. The van der Waals surface area contributed by atoms with Crippen LogP contribution in [0.2, 0.25) is 0 Å². The van der Waals surface area contributed by atoms with Crippen LogP contribution in [-0.4, -0.2) is 45.1 Å². The van der Waals surface area contributed by atoms with E-state index in [0.29, 0.717) is 24.4 Å². The zero-order valence-corrected chi connectivity index (χ0v) is 15.5. The Morgan fingerprint density at radius 3 is 2.22 bits per heavy atom. The maximum absolute atomic E-state index is 12.5. The minimum atomic E-state index is -3.16. The number of sulfonamides is 1. The average Bonchev–Trinajstić information content (AvgIpc) is 2.44. The fraction of sp³-hybridized carbons (Fsp3) is 0.588. The van der Waals surface area contributed by atoms with E-state index < -0.39 is 10.0 Å². The molecule has 0 unspecified atom stereocenters. The normalized spacial score (nSPS) is 13.1. The summed E-state index contributed by atoms with van der Waals surface area (Å²) >= 11 is 0. The molecule has 1 aromatic carbocycles. The lowest BCUT2D eigenvalue weighted by Crippen LogP contribution is -2.35. The van der Waals surface area contributed by atoms with Crippen molar-refractivity contribution < 1.29 is 13.2 Å². The van der Waals surface area contributed by atoms with Crippen molar-refractivity contribution in [2.75, 3.05) is 19.8 Å². The summed E-state index contributed by atoms with van der Waals surface area (Å²) in [5.41, 5.74) is 1.65. The number of carbonyl (C=O) groups excluding carboxylic acids is 1. The van der Waals surface area contributed by atoms with E-state index in [9.17, 15) is 13.2 Å². The van der Waals surface area contributed by atoms with E-state index in [1.807, 2.05) is 19.2 Å². The Morgan fingerprint density at radius 2 is 1.74 bits per heavy atom. The summed E-state index contributed by atoms with van der Waals surface area (Å²) in [4.78, 5) is 14.2. The van der Waals surface area contributed by atoms with Crippen molar-refractivity contribution in [3.63, 3.8) is 0 Å². The van der Waals surface area contributed by atoms with Gasteiger partial charge < -0.3 is 4.90 Å². The lowest BCUT2D eigenvalue weighted by Gasteiger charge is -2.26. The second-order valence-electron chi connectivity index (χ2n) is 6.51. The van der Waals surface area contributed by atoms with E-state index >= 15 is 0 Å². The largest absolute Gasteiger partial charge is 0.339 e. The van der Waals surface area contributed by atoms with Gasteiger partial charge in [-0.15, -0.1) is 0 Å². The molecule has 0 spiro atoms. The van der Waals surface area contributed by atoms with Gasteiger partial charge in [0, 0.05) is 25.2 Å². The van der Waals surface area contributed by atoms with Crippen LogP contribution in [0, 0.1) is 5.92 Å². The summed E-state index contributed by atoms with van der Waals surface area (Å²) in [7, 11) is -1.32. The average molecular weight is 340 g/mol. The molecule has 1 atom stereocenters. The highest BCUT2D eigenvalue weighted by molar-refractivity contribution is 7.88. The van der Waals surface area contributed by atoms with Crippen LogP contribution in [0.25, 0.3) is 0 Å². The highest BCUT2D eigenvalue weighted by Gasteiger charge is 2.18. The molecule has 5 nitrogen and oxygen atoms in total. The summed E-state index contributed by atoms with van der Waals surface area (Å²) in [6, 6.07) is 7.55. The van der Waals surface area contributed by atoms with Gasteiger partial charge in [-0.2, -0.15) is 0 Å². The van der Waals surface area contributed by atoms with Gasteiger partial charge in [-0.1, -0.05) is 26.0 Å². The van der Waals surface area contributed by atoms with E-state index in [2.05, 4.69) is 25.5 Å². The van der Waals surface area contributed by atoms with E-state index in [1.165, 1.54) is 0 Å². The molecular weight excluding hydrogens is 312 g/mol. The molecule has 130 valence electrons. The predicted octanol–water partition coefficient (Wildman–Crippen LogP) is 2.28. The highest BCUT2D eigenvalue weighted by atomic mass is 32.2. The van der Waals surface area contributed by atoms with Crippen molar-refractivity contribution in [2.24, 2.45) is 5.92 Å². The fourth-order valence-electron chi connectivity index (χ4n) is 2.44. The zero-order valence-electron chi connectivity index (χ0n) is 14.7. The Labute approximate surface area is 140 Å². The molecule has 0 aliphatic rings. The Morgan fingerprint density at radius 1 is 1.17 bits per heavy atom. The van der Waals surface area contributed by atoms with Gasteiger partial charge in [0.1, 0.15) is 0 Å². The molecule has 0 heterocycles. The maximum Gasteiger partial charge on any atom is 0.253 e. The van der Waals surface area contributed by atoms with Gasteiger partial charge >= 0.3 is 0 Å². The van der Waals surface area contributed by atoms with Crippen molar-refractivity contribution in [3.8, 4) is 0 Å². The first-order valence-corrected chi connectivity index (χ1v) is 9.80. The maximum atomic E-state index is 12.5. The first-order chi connectivity index (χ1) is 10.6. The van der Waals surface area contributed by atoms with Crippen LogP contribution < -0.4 is 4.72 Å². The van der Waals surface area contributed by atoms with E-state index in [0.717, 1.165) is 18.2 Å². The van der Waals surface area contributed by atoms with Crippen LogP contribution in [-0.2, 0) is 16.4 Å². The SMILES string of the molecule is CC(C)C[C@@H](C)N(C)C(=O)c1ccc(CCNS(C)(=O)=O)cc1. The topological polar surface area (TPSA) is 66.5 Å². The van der Waals surface area contributed by atoms with Crippen LogP contribution >= 0.6 is 0 Å². The molecule has 0 aliphatic carbocycles. The molecule has 1 aromatic rings. The number of hydrogen-bond acceptors (Lipinski definition) is 3. The lowest BCUT2D eigenvalue weighted by atomic mass is 10.0. The molecule has 0 saturated carbocycles. The third-order valence-corrected chi connectivity index (χ3v) is 4.50.